The number of imide groups is 1. The van der Waals surface area contributed by atoms with Gasteiger partial charge in [0.1, 0.15) is 0 Å². The molecule has 1 aliphatic rings. The fourth-order valence-corrected chi connectivity index (χ4v) is 3.03. The van der Waals surface area contributed by atoms with Crippen molar-refractivity contribution in [2.24, 2.45) is 0 Å². The van der Waals surface area contributed by atoms with Gasteiger partial charge in [-0.05, 0) is 27.5 Å². The van der Waals surface area contributed by atoms with Crippen molar-refractivity contribution in [2.45, 2.75) is 0 Å². The van der Waals surface area contributed by atoms with E-state index in [1.165, 1.54) is 6.08 Å². The molecule has 0 aromatic heterocycles. The zero-order valence-corrected chi connectivity index (χ0v) is 12.2. The summed E-state index contributed by atoms with van der Waals surface area (Å²) in [5, 5.41) is 4.57. The Bertz CT molecular complexity index is 980. The van der Waals surface area contributed by atoms with Gasteiger partial charge in [0.25, 0.3) is 11.8 Å². The highest BCUT2D eigenvalue weighted by atomic mass is 16.2. The zero-order chi connectivity index (χ0) is 15.8. The summed E-state index contributed by atoms with van der Waals surface area (Å²) in [7, 11) is 0. The first-order chi connectivity index (χ1) is 11.2. The lowest BCUT2D eigenvalue weighted by Crippen LogP contribution is -2.21. The highest BCUT2D eigenvalue weighted by Gasteiger charge is 2.24. The van der Waals surface area contributed by atoms with Crippen molar-refractivity contribution >= 4 is 28.2 Å². The highest BCUT2D eigenvalue weighted by molar-refractivity contribution is 6.34. The van der Waals surface area contributed by atoms with E-state index in [-0.39, 0.29) is 11.8 Å². The van der Waals surface area contributed by atoms with E-state index in [2.05, 4.69) is 23.5 Å². The van der Waals surface area contributed by atoms with Gasteiger partial charge in [0.2, 0.25) is 0 Å². The first-order valence-electron chi connectivity index (χ1n) is 7.38. The number of nitrogens with one attached hydrogen (secondary N) is 1. The molecule has 1 aliphatic heterocycles. The zero-order valence-electron chi connectivity index (χ0n) is 12.2. The van der Waals surface area contributed by atoms with Crippen LogP contribution < -0.4 is 5.32 Å². The van der Waals surface area contributed by atoms with Gasteiger partial charge >= 0.3 is 0 Å². The van der Waals surface area contributed by atoms with Gasteiger partial charge in [0.05, 0.1) is 5.57 Å². The van der Waals surface area contributed by atoms with Crippen molar-refractivity contribution in [3.8, 4) is 11.1 Å². The summed E-state index contributed by atoms with van der Waals surface area (Å²) in [6, 6.07) is 21.9. The Balaban J connectivity index is 1.99. The number of benzene rings is 3. The lowest BCUT2D eigenvalue weighted by Gasteiger charge is -2.12. The minimum atomic E-state index is -0.363. The van der Waals surface area contributed by atoms with Crippen LogP contribution >= 0.6 is 0 Å². The fourth-order valence-electron chi connectivity index (χ4n) is 3.03. The van der Waals surface area contributed by atoms with E-state index in [1.807, 2.05) is 48.5 Å². The molecule has 0 atom stereocenters. The van der Waals surface area contributed by atoms with Crippen LogP contribution in [0, 0.1) is 0 Å². The molecule has 0 fully saturated rings. The first kappa shape index (κ1) is 13.5. The van der Waals surface area contributed by atoms with Gasteiger partial charge in [-0.25, -0.2) is 0 Å². The molecule has 110 valence electrons. The summed E-state index contributed by atoms with van der Waals surface area (Å²) in [6.45, 7) is 0. The van der Waals surface area contributed by atoms with Crippen LogP contribution in [-0.4, -0.2) is 11.8 Å². The molecule has 1 N–H and O–H groups in total. The summed E-state index contributed by atoms with van der Waals surface area (Å²) in [6.07, 6.45) is 1.37. The van der Waals surface area contributed by atoms with E-state index < -0.39 is 0 Å². The van der Waals surface area contributed by atoms with Crippen molar-refractivity contribution in [3.05, 3.63) is 78.4 Å². The van der Waals surface area contributed by atoms with Crippen LogP contribution in [0.25, 0.3) is 27.5 Å². The predicted molar refractivity (Wildman–Crippen MR) is 90.5 cm³/mol. The third-order valence-corrected chi connectivity index (χ3v) is 4.05. The minimum Gasteiger partial charge on any atom is -0.289 e. The Morgan fingerprint density at radius 3 is 2.09 bits per heavy atom. The predicted octanol–water partition coefficient (Wildman–Crippen LogP) is 3.55. The van der Waals surface area contributed by atoms with Crippen molar-refractivity contribution < 1.29 is 9.59 Å². The summed E-state index contributed by atoms with van der Waals surface area (Å²) < 4.78 is 0. The molecule has 0 aliphatic carbocycles. The Hall–Kier alpha value is -3.20. The number of carbonyl (C=O) groups is 2. The smallest absolute Gasteiger partial charge is 0.258 e. The molecule has 3 heteroatoms. The molecule has 0 saturated heterocycles. The highest BCUT2D eigenvalue weighted by Crippen LogP contribution is 2.34. The van der Waals surface area contributed by atoms with Crippen LogP contribution in [0.15, 0.2) is 72.8 Å². The largest absolute Gasteiger partial charge is 0.289 e. The van der Waals surface area contributed by atoms with Crippen molar-refractivity contribution in [1.29, 1.82) is 0 Å². The van der Waals surface area contributed by atoms with Gasteiger partial charge in [-0.1, -0.05) is 66.7 Å². The summed E-state index contributed by atoms with van der Waals surface area (Å²) in [5.41, 5.74) is 3.18. The van der Waals surface area contributed by atoms with E-state index in [4.69, 9.17) is 0 Å². The average molecular weight is 299 g/mol. The SMILES string of the molecule is O=C1C=C(c2ccccc2-c2cccc3ccccc23)C(=O)N1. The van der Waals surface area contributed by atoms with Crippen LogP contribution in [0.3, 0.4) is 0 Å². The van der Waals surface area contributed by atoms with Crippen molar-refractivity contribution in [1.82, 2.24) is 5.32 Å². The Morgan fingerprint density at radius 1 is 0.652 bits per heavy atom. The maximum atomic E-state index is 12.0. The van der Waals surface area contributed by atoms with E-state index in [0.29, 0.717) is 5.57 Å². The third kappa shape index (κ3) is 2.23. The number of hydrogen-bond donors (Lipinski definition) is 1. The summed E-state index contributed by atoms with van der Waals surface area (Å²) in [4.78, 5) is 23.5. The maximum Gasteiger partial charge on any atom is 0.258 e. The molecular formula is C20H13NO2. The monoisotopic (exact) mass is 299 g/mol. The standard InChI is InChI=1S/C20H13NO2/c22-19-12-18(20(23)21-19)17-10-4-3-9-16(17)15-11-5-7-13-6-1-2-8-14(13)15/h1-12H,(H,21,22,23). The van der Waals surface area contributed by atoms with Crippen LogP contribution in [-0.2, 0) is 9.59 Å². The lowest BCUT2D eigenvalue weighted by molar-refractivity contribution is -0.123. The Labute approximate surface area is 133 Å². The number of carbonyl (C=O) groups excluding carboxylic acids is 2. The molecule has 0 bridgehead atoms. The molecule has 3 nitrogen and oxygen atoms in total. The molecule has 2 amide bonds. The van der Waals surface area contributed by atoms with Gasteiger partial charge in [-0.15, -0.1) is 0 Å². The van der Waals surface area contributed by atoms with Gasteiger partial charge in [-0.2, -0.15) is 0 Å². The minimum absolute atomic E-state index is 0.345. The van der Waals surface area contributed by atoms with Gasteiger partial charge in [0, 0.05) is 6.08 Å². The normalized spacial score (nSPS) is 14.0. The van der Waals surface area contributed by atoms with E-state index in [9.17, 15) is 9.59 Å². The molecule has 0 radical (unpaired) electrons. The lowest BCUT2D eigenvalue weighted by atomic mass is 9.91. The Morgan fingerprint density at radius 2 is 1.30 bits per heavy atom. The third-order valence-electron chi connectivity index (χ3n) is 4.05. The van der Waals surface area contributed by atoms with Crippen LogP contribution in [0.2, 0.25) is 0 Å². The second kappa shape index (κ2) is 5.21. The topological polar surface area (TPSA) is 46.2 Å². The van der Waals surface area contributed by atoms with Crippen LogP contribution in [0.4, 0.5) is 0 Å². The quantitative estimate of drug-likeness (QED) is 0.736. The second-order valence-electron chi connectivity index (χ2n) is 5.45. The molecule has 3 aromatic carbocycles. The van der Waals surface area contributed by atoms with Crippen LogP contribution in [0.1, 0.15) is 5.56 Å². The molecular weight excluding hydrogens is 286 g/mol. The number of hydrogen-bond acceptors (Lipinski definition) is 2. The molecule has 23 heavy (non-hydrogen) atoms. The number of rotatable bonds is 2. The Kier molecular flexibility index (Phi) is 3.05. The average Bonchev–Trinajstić information content (AvgIpc) is 2.92. The first-order valence-corrected chi connectivity index (χ1v) is 7.38. The van der Waals surface area contributed by atoms with E-state index in [0.717, 1.165) is 27.5 Å². The van der Waals surface area contributed by atoms with Gasteiger partial charge in [-0.3, -0.25) is 14.9 Å². The summed E-state index contributed by atoms with van der Waals surface area (Å²) >= 11 is 0. The van der Waals surface area contributed by atoms with Crippen LogP contribution in [0.5, 0.6) is 0 Å². The summed E-state index contributed by atoms with van der Waals surface area (Å²) in [5.74, 6) is -0.708. The second-order valence-corrected chi connectivity index (χ2v) is 5.45. The molecule has 4 rings (SSSR count). The molecule has 0 saturated carbocycles. The van der Waals surface area contributed by atoms with Gasteiger partial charge in [0.15, 0.2) is 0 Å². The maximum absolute atomic E-state index is 12.0. The van der Waals surface area contributed by atoms with Gasteiger partial charge < -0.3 is 0 Å². The van der Waals surface area contributed by atoms with Crippen molar-refractivity contribution in [2.75, 3.05) is 0 Å². The fraction of sp³-hybridized carbons (Fsp3) is 0. The molecule has 0 spiro atoms. The van der Waals surface area contributed by atoms with Crippen molar-refractivity contribution in [3.63, 3.8) is 0 Å². The van der Waals surface area contributed by atoms with E-state index in [1.54, 1.807) is 0 Å². The molecule has 1 heterocycles. The van der Waals surface area contributed by atoms with E-state index >= 15 is 0 Å². The molecule has 3 aromatic rings. The number of amides is 2. The molecule has 0 unspecified atom stereocenters. The number of fused-ring (bicyclic) bond motifs is 1.